The van der Waals surface area contributed by atoms with Gasteiger partial charge in [0.15, 0.2) is 0 Å². The molecule has 1 aliphatic heterocycles. The van der Waals surface area contributed by atoms with Gasteiger partial charge in [-0.3, -0.25) is 0 Å². The average molecular weight is 153 g/mol. The maximum Gasteiger partial charge on any atom is 0.107 e. The number of terminal acetylenes is 1. The lowest BCUT2D eigenvalue weighted by molar-refractivity contribution is 0.108. The zero-order chi connectivity index (χ0) is 8.10. The van der Waals surface area contributed by atoms with Gasteiger partial charge in [0.1, 0.15) is 6.61 Å². The van der Waals surface area contributed by atoms with Gasteiger partial charge in [0.25, 0.3) is 0 Å². The Kier molecular flexibility index (Phi) is 3.41. The van der Waals surface area contributed by atoms with E-state index >= 15 is 0 Å². The molecule has 2 heteroatoms. The van der Waals surface area contributed by atoms with Crippen molar-refractivity contribution in [2.24, 2.45) is 0 Å². The van der Waals surface area contributed by atoms with Crippen molar-refractivity contribution in [2.45, 2.75) is 18.9 Å². The number of likely N-dealkylation sites (tertiary alicyclic amines) is 1. The molecule has 0 aliphatic carbocycles. The molecule has 1 heterocycles. The van der Waals surface area contributed by atoms with Crippen LogP contribution in [0.1, 0.15) is 12.8 Å². The van der Waals surface area contributed by atoms with Crippen LogP contribution in [0.4, 0.5) is 0 Å². The van der Waals surface area contributed by atoms with Gasteiger partial charge in [-0.25, -0.2) is 0 Å². The van der Waals surface area contributed by atoms with Gasteiger partial charge >= 0.3 is 0 Å². The summed E-state index contributed by atoms with van der Waals surface area (Å²) in [6.07, 6.45) is 7.60. The van der Waals surface area contributed by atoms with E-state index in [0.717, 1.165) is 6.61 Å². The van der Waals surface area contributed by atoms with E-state index in [1.165, 1.54) is 19.4 Å². The largest absolute Gasteiger partial charge is 0.367 e. The van der Waals surface area contributed by atoms with Crippen LogP contribution in [0, 0.1) is 12.3 Å². The van der Waals surface area contributed by atoms with Crippen LogP contribution in [-0.2, 0) is 4.74 Å². The molecule has 1 atom stereocenters. The second-order valence-electron chi connectivity index (χ2n) is 3.00. The molecule has 11 heavy (non-hydrogen) atoms. The number of nitrogens with zero attached hydrogens (tertiary/aromatic N) is 1. The van der Waals surface area contributed by atoms with E-state index in [1.54, 1.807) is 0 Å². The highest BCUT2D eigenvalue weighted by Crippen LogP contribution is 2.14. The molecule has 0 N–H and O–H groups in total. The van der Waals surface area contributed by atoms with Crippen LogP contribution in [0.3, 0.4) is 0 Å². The number of likely N-dealkylation sites (N-methyl/N-ethyl adjacent to an activating group) is 1. The van der Waals surface area contributed by atoms with Crippen molar-refractivity contribution in [3.05, 3.63) is 0 Å². The summed E-state index contributed by atoms with van der Waals surface area (Å²) in [4.78, 5) is 2.33. The van der Waals surface area contributed by atoms with Crippen LogP contribution in [0.15, 0.2) is 0 Å². The molecule has 1 rings (SSSR count). The lowest BCUT2D eigenvalue weighted by Crippen LogP contribution is -2.29. The summed E-state index contributed by atoms with van der Waals surface area (Å²) >= 11 is 0. The monoisotopic (exact) mass is 153 g/mol. The van der Waals surface area contributed by atoms with Gasteiger partial charge in [-0.1, -0.05) is 5.92 Å². The van der Waals surface area contributed by atoms with Gasteiger partial charge in [-0.2, -0.15) is 0 Å². The Morgan fingerprint density at radius 2 is 2.55 bits per heavy atom. The molecule has 0 unspecified atom stereocenters. The maximum atomic E-state index is 5.26. The standard InChI is InChI=1S/C9H15NO/c1-3-7-11-8-9-5-4-6-10(9)2/h1,9H,4-8H2,2H3/t9-/m0/s1. The quantitative estimate of drug-likeness (QED) is 0.438. The molecule has 0 aromatic heterocycles. The van der Waals surface area contributed by atoms with Crippen molar-refractivity contribution in [3.63, 3.8) is 0 Å². The fourth-order valence-electron chi connectivity index (χ4n) is 1.44. The number of hydrogen-bond acceptors (Lipinski definition) is 2. The molecule has 1 aliphatic rings. The molecule has 2 nitrogen and oxygen atoms in total. The van der Waals surface area contributed by atoms with Crippen molar-refractivity contribution in [2.75, 3.05) is 26.8 Å². The summed E-state index contributed by atoms with van der Waals surface area (Å²) in [6, 6.07) is 0.600. The molecule has 0 aromatic carbocycles. The Bertz CT molecular complexity index is 150. The smallest absolute Gasteiger partial charge is 0.107 e. The number of hydrogen-bond donors (Lipinski definition) is 0. The van der Waals surface area contributed by atoms with Crippen molar-refractivity contribution >= 4 is 0 Å². The zero-order valence-corrected chi connectivity index (χ0v) is 7.05. The lowest BCUT2D eigenvalue weighted by Gasteiger charge is -2.18. The van der Waals surface area contributed by atoms with E-state index in [4.69, 9.17) is 11.2 Å². The first-order chi connectivity index (χ1) is 5.34. The second kappa shape index (κ2) is 4.38. The Morgan fingerprint density at radius 1 is 1.73 bits per heavy atom. The summed E-state index contributed by atoms with van der Waals surface area (Å²) < 4.78 is 5.26. The first-order valence-corrected chi connectivity index (χ1v) is 4.06. The number of ether oxygens (including phenoxy) is 1. The van der Waals surface area contributed by atoms with E-state index in [2.05, 4.69) is 17.9 Å². The van der Waals surface area contributed by atoms with E-state index in [0.29, 0.717) is 12.6 Å². The van der Waals surface area contributed by atoms with Crippen molar-refractivity contribution in [3.8, 4) is 12.3 Å². The normalized spacial score (nSPS) is 25.3. The van der Waals surface area contributed by atoms with Crippen LogP contribution in [-0.4, -0.2) is 37.7 Å². The van der Waals surface area contributed by atoms with E-state index < -0.39 is 0 Å². The number of rotatable bonds is 3. The molecule has 62 valence electrons. The molecule has 0 radical (unpaired) electrons. The van der Waals surface area contributed by atoms with Gasteiger partial charge in [-0.05, 0) is 26.4 Å². The fourth-order valence-corrected chi connectivity index (χ4v) is 1.44. The molecule has 0 saturated carbocycles. The second-order valence-corrected chi connectivity index (χ2v) is 3.00. The van der Waals surface area contributed by atoms with Crippen LogP contribution >= 0.6 is 0 Å². The fraction of sp³-hybridized carbons (Fsp3) is 0.778. The van der Waals surface area contributed by atoms with Crippen LogP contribution in [0.25, 0.3) is 0 Å². The SMILES string of the molecule is C#CCOC[C@@H]1CCCN1C. The summed E-state index contributed by atoms with van der Waals surface area (Å²) in [5.74, 6) is 2.47. The van der Waals surface area contributed by atoms with Crippen LogP contribution in [0.5, 0.6) is 0 Å². The average Bonchev–Trinajstić information content (AvgIpc) is 2.37. The molecule has 0 aromatic rings. The van der Waals surface area contributed by atoms with Gasteiger partial charge in [-0.15, -0.1) is 6.42 Å². The Balaban J connectivity index is 2.11. The molecule has 1 saturated heterocycles. The third kappa shape index (κ3) is 2.53. The minimum absolute atomic E-state index is 0.449. The van der Waals surface area contributed by atoms with Crippen molar-refractivity contribution in [1.29, 1.82) is 0 Å². The van der Waals surface area contributed by atoms with Crippen LogP contribution in [0.2, 0.25) is 0 Å². The minimum atomic E-state index is 0.449. The highest BCUT2D eigenvalue weighted by molar-refractivity contribution is 4.84. The third-order valence-corrected chi connectivity index (χ3v) is 2.17. The highest BCUT2D eigenvalue weighted by atomic mass is 16.5. The van der Waals surface area contributed by atoms with Gasteiger partial charge in [0.05, 0.1) is 6.61 Å². The third-order valence-electron chi connectivity index (χ3n) is 2.17. The highest BCUT2D eigenvalue weighted by Gasteiger charge is 2.20. The summed E-state index contributed by atoms with van der Waals surface area (Å²) in [5, 5.41) is 0. The van der Waals surface area contributed by atoms with E-state index in [-0.39, 0.29) is 0 Å². The minimum Gasteiger partial charge on any atom is -0.367 e. The molecular weight excluding hydrogens is 138 g/mol. The first kappa shape index (κ1) is 8.58. The summed E-state index contributed by atoms with van der Waals surface area (Å²) in [6.45, 7) is 2.44. The van der Waals surface area contributed by atoms with Gasteiger partial charge in [0, 0.05) is 6.04 Å². The topological polar surface area (TPSA) is 12.5 Å². The van der Waals surface area contributed by atoms with Gasteiger partial charge < -0.3 is 9.64 Å². The van der Waals surface area contributed by atoms with Crippen molar-refractivity contribution < 1.29 is 4.74 Å². The summed E-state index contributed by atoms with van der Waals surface area (Å²) in [5.41, 5.74) is 0. The predicted octanol–water partition coefficient (Wildman–Crippen LogP) is 0.730. The zero-order valence-electron chi connectivity index (χ0n) is 7.05. The first-order valence-electron chi connectivity index (χ1n) is 4.06. The molecular formula is C9H15NO. The van der Waals surface area contributed by atoms with E-state index in [9.17, 15) is 0 Å². The predicted molar refractivity (Wildman–Crippen MR) is 45.3 cm³/mol. The molecule has 0 amide bonds. The maximum absolute atomic E-state index is 5.26. The van der Waals surface area contributed by atoms with Gasteiger partial charge in [0.2, 0.25) is 0 Å². The Hall–Kier alpha value is -0.520. The molecule has 1 fully saturated rings. The Labute approximate surface area is 68.5 Å². The van der Waals surface area contributed by atoms with E-state index in [1.807, 2.05) is 0 Å². The van der Waals surface area contributed by atoms with Crippen molar-refractivity contribution in [1.82, 2.24) is 4.90 Å². The Morgan fingerprint density at radius 3 is 3.09 bits per heavy atom. The molecule has 0 bridgehead atoms. The molecule has 0 spiro atoms. The lowest BCUT2D eigenvalue weighted by atomic mass is 10.2. The van der Waals surface area contributed by atoms with Crippen LogP contribution < -0.4 is 0 Å². The summed E-state index contributed by atoms with van der Waals surface area (Å²) in [7, 11) is 2.14.